The van der Waals surface area contributed by atoms with Gasteiger partial charge >= 0.3 is 16.1 Å². The summed E-state index contributed by atoms with van der Waals surface area (Å²) >= 11 is 6.18. The molecule has 0 atom stereocenters. The summed E-state index contributed by atoms with van der Waals surface area (Å²) in [6.07, 6.45) is 3.00. The maximum atomic E-state index is 13.4. The number of ether oxygens (including phenoxy) is 1. The van der Waals surface area contributed by atoms with Gasteiger partial charge in [-0.1, -0.05) is 41.9 Å². The van der Waals surface area contributed by atoms with Crippen molar-refractivity contribution in [1.82, 2.24) is 5.32 Å². The summed E-state index contributed by atoms with van der Waals surface area (Å²) in [7, 11) is -2.87. The van der Waals surface area contributed by atoms with E-state index >= 15 is 0 Å². The van der Waals surface area contributed by atoms with Crippen LogP contribution in [0.25, 0.3) is 6.08 Å². The molecule has 3 aromatic rings. The van der Waals surface area contributed by atoms with Gasteiger partial charge in [0.05, 0.1) is 12.8 Å². The van der Waals surface area contributed by atoms with E-state index in [2.05, 4.69) is 11.9 Å². The Kier molecular flexibility index (Phi) is 7.89. The highest BCUT2D eigenvalue weighted by atomic mass is 35.5. The van der Waals surface area contributed by atoms with Gasteiger partial charge in [-0.25, -0.2) is 9.69 Å². The van der Waals surface area contributed by atoms with Crippen LogP contribution >= 0.6 is 11.6 Å². The number of carbonyl (C=O) groups is 3. The Morgan fingerprint density at radius 2 is 1.77 bits per heavy atom. The van der Waals surface area contributed by atoms with E-state index in [1.54, 1.807) is 43.3 Å². The van der Waals surface area contributed by atoms with Crippen molar-refractivity contribution >= 4 is 51.3 Å². The van der Waals surface area contributed by atoms with Crippen molar-refractivity contribution in [3.05, 3.63) is 101 Å². The molecule has 4 amide bonds. The Hall–Kier alpha value is -4.41. The third-order valence-electron chi connectivity index (χ3n) is 5.86. The molecule has 200 valence electrons. The average Bonchev–Trinajstić information content (AvgIpc) is 2.90. The van der Waals surface area contributed by atoms with Gasteiger partial charge in [-0.15, -0.1) is 6.58 Å². The zero-order valence-electron chi connectivity index (χ0n) is 20.9. The van der Waals surface area contributed by atoms with Gasteiger partial charge in [0, 0.05) is 10.6 Å². The van der Waals surface area contributed by atoms with Gasteiger partial charge in [-0.05, 0) is 66.9 Å². The van der Waals surface area contributed by atoms with Gasteiger partial charge < -0.3 is 8.92 Å². The molecule has 9 nitrogen and oxygen atoms in total. The summed E-state index contributed by atoms with van der Waals surface area (Å²) < 4.78 is 36.7. The number of methoxy groups -OCH3 is 1. The average molecular weight is 567 g/mol. The maximum Gasteiger partial charge on any atom is 0.339 e. The first-order valence-corrected chi connectivity index (χ1v) is 13.3. The Morgan fingerprint density at radius 3 is 2.44 bits per heavy atom. The van der Waals surface area contributed by atoms with Gasteiger partial charge in [0.25, 0.3) is 11.8 Å². The number of amides is 4. The van der Waals surface area contributed by atoms with Crippen molar-refractivity contribution in [2.75, 3.05) is 12.0 Å². The molecule has 1 aliphatic heterocycles. The molecule has 1 fully saturated rings. The van der Waals surface area contributed by atoms with Crippen molar-refractivity contribution in [2.45, 2.75) is 18.2 Å². The van der Waals surface area contributed by atoms with Crippen LogP contribution in [0.1, 0.15) is 16.7 Å². The van der Waals surface area contributed by atoms with Gasteiger partial charge in [0.1, 0.15) is 10.5 Å². The molecule has 0 aromatic heterocycles. The van der Waals surface area contributed by atoms with Crippen LogP contribution < -0.4 is 19.1 Å². The van der Waals surface area contributed by atoms with Gasteiger partial charge in [0.15, 0.2) is 11.5 Å². The van der Waals surface area contributed by atoms with Crippen molar-refractivity contribution in [3.8, 4) is 11.5 Å². The number of halogens is 1. The van der Waals surface area contributed by atoms with Crippen LogP contribution in [0.5, 0.6) is 11.5 Å². The van der Waals surface area contributed by atoms with Crippen LogP contribution in [0, 0.1) is 6.92 Å². The number of hydrogen-bond donors (Lipinski definition) is 1. The number of carbonyl (C=O) groups excluding carboxylic acids is 3. The van der Waals surface area contributed by atoms with E-state index in [1.165, 1.54) is 43.5 Å². The van der Waals surface area contributed by atoms with Crippen molar-refractivity contribution < 1.29 is 31.7 Å². The number of hydrogen-bond acceptors (Lipinski definition) is 7. The fraction of sp³-hybridized carbons (Fsp3) is 0.107. The molecule has 4 rings (SSSR count). The van der Waals surface area contributed by atoms with Gasteiger partial charge in [0.2, 0.25) is 0 Å². The van der Waals surface area contributed by atoms with E-state index in [-0.39, 0.29) is 34.1 Å². The van der Waals surface area contributed by atoms with Gasteiger partial charge in [-0.3, -0.25) is 14.9 Å². The first kappa shape index (κ1) is 27.6. The number of nitrogens with zero attached hydrogens (tertiary/aromatic N) is 1. The fourth-order valence-electron chi connectivity index (χ4n) is 3.95. The number of anilines is 1. The van der Waals surface area contributed by atoms with Crippen LogP contribution in [-0.4, -0.2) is 33.4 Å². The standard InChI is InChI=1S/C28H23ClN2O7S/c1-4-9-19-14-18(16-24(37-3)25(19)38-39(35,36)20-10-6-5-7-11-20)15-21-26(32)30-28(34)31(27(21)33)23-13-8-12-22(29)17(23)2/h4-8,10-16H,1,9H2,2-3H3,(H,30,32,34)/b21-15+. The highest BCUT2D eigenvalue weighted by Crippen LogP contribution is 2.37. The van der Waals surface area contributed by atoms with E-state index in [0.717, 1.165) is 4.90 Å². The lowest BCUT2D eigenvalue weighted by Gasteiger charge is -2.27. The molecule has 39 heavy (non-hydrogen) atoms. The van der Waals surface area contributed by atoms with Crippen LogP contribution in [0.3, 0.4) is 0 Å². The Bertz CT molecular complexity index is 1630. The lowest BCUT2D eigenvalue weighted by molar-refractivity contribution is -0.122. The third kappa shape index (κ3) is 5.57. The number of rotatable bonds is 8. The zero-order chi connectivity index (χ0) is 28.3. The Morgan fingerprint density at radius 1 is 1.05 bits per heavy atom. The van der Waals surface area contributed by atoms with Gasteiger partial charge in [-0.2, -0.15) is 8.42 Å². The highest BCUT2D eigenvalue weighted by molar-refractivity contribution is 7.87. The Balaban J connectivity index is 1.79. The molecule has 3 aromatic carbocycles. The number of imide groups is 2. The molecule has 1 heterocycles. The lowest BCUT2D eigenvalue weighted by Crippen LogP contribution is -2.54. The van der Waals surface area contributed by atoms with Crippen LogP contribution in [0.4, 0.5) is 10.5 Å². The third-order valence-corrected chi connectivity index (χ3v) is 7.50. The quantitative estimate of drug-likeness (QED) is 0.180. The SMILES string of the molecule is C=CCc1cc(/C=C2\C(=O)NC(=O)N(c3cccc(Cl)c3C)C2=O)cc(OC)c1OS(=O)(=O)c1ccccc1. The Labute approximate surface area is 230 Å². The summed E-state index contributed by atoms with van der Waals surface area (Å²) in [5.74, 6) is -1.76. The second-order valence-electron chi connectivity index (χ2n) is 8.40. The molecule has 0 aliphatic carbocycles. The van der Waals surface area contributed by atoms with E-state index in [0.29, 0.717) is 21.7 Å². The molecule has 0 spiro atoms. The first-order chi connectivity index (χ1) is 18.6. The van der Waals surface area contributed by atoms with Crippen LogP contribution in [0.15, 0.2) is 83.8 Å². The summed E-state index contributed by atoms with van der Waals surface area (Å²) in [5.41, 5.74) is 1.07. The van der Waals surface area contributed by atoms with E-state index in [9.17, 15) is 22.8 Å². The molecule has 0 unspecified atom stereocenters. The summed E-state index contributed by atoms with van der Waals surface area (Å²) in [6, 6.07) is 14.4. The zero-order valence-corrected chi connectivity index (χ0v) is 22.5. The van der Waals surface area contributed by atoms with Crippen molar-refractivity contribution in [1.29, 1.82) is 0 Å². The molecular formula is C28H23ClN2O7S. The van der Waals surface area contributed by atoms with Crippen LogP contribution in [-0.2, 0) is 26.1 Å². The molecule has 0 saturated carbocycles. The maximum absolute atomic E-state index is 13.4. The molecule has 0 radical (unpaired) electrons. The van der Waals surface area contributed by atoms with E-state index in [1.807, 2.05) is 0 Å². The predicted molar refractivity (Wildman–Crippen MR) is 146 cm³/mol. The summed E-state index contributed by atoms with van der Waals surface area (Å²) in [5, 5.41) is 2.51. The number of nitrogens with one attached hydrogen (secondary N) is 1. The monoisotopic (exact) mass is 566 g/mol. The summed E-state index contributed by atoms with van der Waals surface area (Å²) in [6.45, 7) is 5.35. The largest absolute Gasteiger partial charge is 0.493 e. The van der Waals surface area contributed by atoms with E-state index < -0.39 is 28.0 Å². The second-order valence-corrected chi connectivity index (χ2v) is 10.4. The number of barbiturate groups is 1. The minimum Gasteiger partial charge on any atom is -0.493 e. The predicted octanol–water partition coefficient (Wildman–Crippen LogP) is 4.82. The molecule has 11 heteroatoms. The normalized spacial score (nSPS) is 14.8. The fourth-order valence-corrected chi connectivity index (χ4v) is 5.11. The second kappa shape index (κ2) is 11.1. The number of urea groups is 1. The molecule has 1 N–H and O–H groups in total. The highest BCUT2D eigenvalue weighted by Gasteiger charge is 2.37. The first-order valence-electron chi connectivity index (χ1n) is 11.5. The minimum absolute atomic E-state index is 0.0444. The van der Waals surface area contributed by atoms with E-state index in [4.69, 9.17) is 20.5 Å². The van der Waals surface area contributed by atoms with Crippen LogP contribution in [0.2, 0.25) is 5.02 Å². The lowest BCUT2D eigenvalue weighted by atomic mass is 10.0. The number of benzene rings is 3. The summed E-state index contributed by atoms with van der Waals surface area (Å²) in [4.78, 5) is 39.5. The smallest absolute Gasteiger partial charge is 0.339 e. The topological polar surface area (TPSA) is 119 Å². The van der Waals surface area contributed by atoms with Crippen molar-refractivity contribution in [2.24, 2.45) is 0 Å². The molecule has 1 saturated heterocycles. The van der Waals surface area contributed by atoms with Crippen molar-refractivity contribution in [3.63, 3.8) is 0 Å². The molecule has 1 aliphatic rings. The minimum atomic E-state index is -4.20. The molecular weight excluding hydrogens is 544 g/mol. The number of allylic oxidation sites excluding steroid dienone is 1. The molecule has 0 bridgehead atoms.